The molecule has 11 rings (SSSR count). The summed E-state index contributed by atoms with van der Waals surface area (Å²) in [5, 5.41) is 51.7. The fourth-order valence-corrected chi connectivity index (χ4v) is 11.4. The second-order valence-corrected chi connectivity index (χ2v) is 31.7. The van der Waals surface area contributed by atoms with Gasteiger partial charge < -0.3 is 84.0 Å². The molecule has 0 unspecified atom stereocenters. The minimum Gasteiger partial charge on any atom is -0.493 e. The molecular weight excluding hydrogens is 1850 g/mol. The smallest absolute Gasteiger partial charge is 0.341 e. The van der Waals surface area contributed by atoms with E-state index in [-0.39, 0.29) is 36.1 Å². The number of anilines is 4. The Hall–Kier alpha value is -14.4. The van der Waals surface area contributed by atoms with Gasteiger partial charge in [0.05, 0.1) is 73.3 Å². The first-order valence-electron chi connectivity index (χ1n) is 44.7. The van der Waals surface area contributed by atoms with Crippen molar-refractivity contribution in [1.82, 2.24) is 0 Å². The Morgan fingerprint density at radius 1 is 0.286 bits per heavy atom. The van der Waals surface area contributed by atoms with E-state index in [0.717, 1.165) is 177 Å². The number of aliphatic carboxylic acids is 3. The van der Waals surface area contributed by atoms with Gasteiger partial charge in [0, 0.05) is 139 Å². The van der Waals surface area contributed by atoms with E-state index in [4.69, 9.17) is 84.0 Å². The van der Waals surface area contributed by atoms with E-state index in [1.165, 1.54) is 24.3 Å². The van der Waals surface area contributed by atoms with E-state index in [2.05, 4.69) is 90.5 Å². The first kappa shape index (κ1) is 118. The second-order valence-electron chi connectivity index (χ2n) is 29.8. The van der Waals surface area contributed by atoms with Gasteiger partial charge in [-0.05, 0) is 272 Å². The third kappa shape index (κ3) is 60.3. The van der Waals surface area contributed by atoms with Crippen molar-refractivity contribution in [2.24, 2.45) is 51.4 Å². The van der Waals surface area contributed by atoms with Crippen molar-refractivity contribution in [1.29, 1.82) is 0 Å². The maximum absolute atomic E-state index is 10.7. The molecule has 0 aliphatic carbocycles. The molecule has 140 heavy (non-hydrogen) atoms. The van der Waals surface area contributed by atoms with E-state index in [0.29, 0.717) is 77.1 Å². The van der Waals surface area contributed by atoms with Gasteiger partial charge in [-0.3, -0.25) is 49.5 Å². The number of nitrogens with zero attached hydrogens (tertiary/aromatic N) is 8. The molecular formula is C106H126N14O16S4. The number of benzene rings is 11. The Bertz CT molecular complexity index is 5340. The Morgan fingerprint density at radius 2 is 0.629 bits per heavy atom. The van der Waals surface area contributed by atoms with Gasteiger partial charge in [0.25, 0.3) is 0 Å². The molecule has 0 bridgehead atoms. The monoisotopic (exact) mass is 1980 g/mol. The molecule has 18 N–H and O–H groups in total. The van der Waals surface area contributed by atoms with Gasteiger partial charge in [-0.15, -0.1) is 25.3 Å². The second kappa shape index (κ2) is 74.8. The van der Waals surface area contributed by atoms with Crippen LogP contribution in [0, 0.1) is 0 Å². The van der Waals surface area contributed by atoms with Gasteiger partial charge in [-0.2, -0.15) is 25.3 Å². The number of aromatic carboxylic acids is 3. The first-order chi connectivity index (χ1) is 67.7. The van der Waals surface area contributed by atoms with Crippen LogP contribution in [0.15, 0.2) is 317 Å². The molecule has 0 atom stereocenters. The van der Waals surface area contributed by atoms with Crippen molar-refractivity contribution >= 4 is 176 Å². The number of nitrogens with two attached hydrogens (primary N) is 6. The molecule has 0 heterocycles. The lowest BCUT2D eigenvalue weighted by atomic mass is 10.1. The van der Waals surface area contributed by atoms with Gasteiger partial charge in [0.1, 0.15) is 11.5 Å². The van der Waals surface area contributed by atoms with Gasteiger partial charge >= 0.3 is 35.8 Å². The number of hydrogen-bond acceptors (Lipinski definition) is 28. The molecule has 0 aromatic heterocycles. The van der Waals surface area contributed by atoms with E-state index >= 15 is 0 Å². The summed E-state index contributed by atoms with van der Waals surface area (Å²) in [6, 6.07) is 79.6. The lowest BCUT2D eigenvalue weighted by Crippen LogP contribution is -2.12. The number of hydrogen-bond donors (Lipinski definition) is 16. The molecule has 0 amide bonds. The number of unbranched alkanes of at least 4 members (excludes halogenated alkanes) is 6. The number of aliphatic imine (C=N–C) groups is 8. The van der Waals surface area contributed by atoms with E-state index < -0.39 is 35.8 Å². The molecule has 0 spiro atoms. The topological polar surface area (TPSA) is 516 Å². The Morgan fingerprint density at radius 3 is 1.04 bits per heavy atom. The maximum Gasteiger partial charge on any atom is 0.341 e. The van der Waals surface area contributed by atoms with Crippen LogP contribution >= 0.6 is 50.5 Å². The molecule has 0 saturated carbocycles. The predicted molar refractivity (Wildman–Crippen MR) is 580 cm³/mol. The average Bonchev–Trinajstić information content (AvgIpc) is 0.873. The third-order valence-electron chi connectivity index (χ3n) is 18.2. The van der Waals surface area contributed by atoms with Crippen LogP contribution in [0.1, 0.15) is 146 Å². The normalized spacial score (nSPS) is 10.8. The molecule has 0 fully saturated rings. The number of rotatable bonds is 47. The summed E-state index contributed by atoms with van der Waals surface area (Å²) in [4.78, 5) is 99.1. The van der Waals surface area contributed by atoms with Crippen molar-refractivity contribution in [3.05, 3.63) is 328 Å². The number of ether oxygens (including phenoxy) is 4. The molecule has 11 aromatic rings. The standard InChI is InChI=1S/C15H19NO5.C15H11NO4.C15H19NO4.C13H21N3O2.C13H13N3.C13H11NS2.C11H17N3.C11H15NOS2/c17-14(18)4-2-1-3-9-16-10-12-5-7-13(8-6-12)21-11-15(19)20;17-14(18)11-3-1-10(2-4-11)9-16-13-7-5-12(6-8-13)15(19)20;17-14(18)5-3-1-2-4-10-16-11-12-6-8-13(9-7-12)15(19)20;14-5-7-17-9-10-18-8-6-16-11-12-1-3-13(15)4-2-12;14-11-3-1-10(2-4-11)9-16-13-7-5-12(15)6-8-13;15-12-5-1-10(2-6-12)9-14-11-3-7-13(16)8-4-11;12-6-1-2-7-14-9-10-4-3-5-11(13)8-10;14-6-4-12-9-10-2-1-3-11(8-10)13-5-7-15/h5-8,10H,1-4,9,11H2,(H,17,18)(H,19,20);1-9H,(H,17,18)(H,19,20);6-9,11H,1-5,10H2,(H,17,18)(H,19,20);1-4,11H,5-10,14-15H2;1-9H,14-15H2;1-9,15-16H;3-5,8-9H,1-2,6-7,12-13H2;1-3,8-9,14-15H,4-7H2. The predicted octanol–water partition coefficient (Wildman–Crippen LogP) is 19.0. The zero-order valence-corrected chi connectivity index (χ0v) is 81.6. The van der Waals surface area contributed by atoms with Crippen molar-refractivity contribution in [2.75, 3.05) is 120 Å². The highest BCUT2D eigenvalue weighted by Gasteiger charge is 2.07. The minimum atomic E-state index is -1.01. The van der Waals surface area contributed by atoms with Gasteiger partial charge in [0.15, 0.2) is 6.61 Å². The van der Waals surface area contributed by atoms with Crippen LogP contribution in [-0.4, -0.2) is 213 Å². The highest BCUT2D eigenvalue weighted by molar-refractivity contribution is 7.80. The Balaban J connectivity index is 0.000000335. The average molecular weight is 1980 g/mol. The highest BCUT2D eigenvalue weighted by atomic mass is 32.1. The third-order valence-corrected chi connectivity index (χ3v) is 19.2. The molecule has 0 aliphatic rings. The molecule has 30 nitrogen and oxygen atoms in total. The first-order valence-corrected chi connectivity index (χ1v) is 46.9. The van der Waals surface area contributed by atoms with Crippen LogP contribution < -0.4 is 43.9 Å². The van der Waals surface area contributed by atoms with Gasteiger partial charge in [-0.1, -0.05) is 104 Å². The van der Waals surface area contributed by atoms with Gasteiger partial charge in [0.2, 0.25) is 0 Å². The molecule has 11 aromatic carbocycles. The fraction of sp³-hybridized carbons (Fsp3) is 0.245. The summed E-state index contributed by atoms with van der Waals surface area (Å²) in [6.45, 7) is 7.49. The van der Waals surface area contributed by atoms with Crippen molar-refractivity contribution in [2.45, 2.75) is 80.4 Å². The summed E-state index contributed by atoms with van der Waals surface area (Å²) in [5.74, 6) is -2.55. The summed E-state index contributed by atoms with van der Waals surface area (Å²) < 4.78 is 21.0. The largest absolute Gasteiger partial charge is 0.493 e. The summed E-state index contributed by atoms with van der Waals surface area (Å²) >= 11 is 16.6. The van der Waals surface area contributed by atoms with E-state index in [1.807, 2.05) is 195 Å². The fourth-order valence-electron chi connectivity index (χ4n) is 10.9. The zero-order chi connectivity index (χ0) is 102. The Labute approximate surface area is 840 Å². The number of thiol groups is 4. The van der Waals surface area contributed by atoms with E-state index in [9.17, 15) is 28.8 Å². The number of carboxylic acid groups (broad SMARTS) is 6. The van der Waals surface area contributed by atoms with Crippen LogP contribution in [0.4, 0.5) is 39.8 Å². The molecule has 0 aliphatic heterocycles. The number of carboxylic acids is 6. The van der Waals surface area contributed by atoms with E-state index in [1.54, 1.807) is 97.7 Å². The molecule has 34 heteroatoms. The lowest BCUT2D eigenvalue weighted by Gasteiger charge is -2.04. The number of carbonyl (C=O) groups is 6. The minimum absolute atomic E-state index is 0.203. The maximum atomic E-state index is 10.7. The summed E-state index contributed by atoms with van der Waals surface area (Å²) in [7, 11) is 0. The van der Waals surface area contributed by atoms with Crippen LogP contribution in [0.3, 0.4) is 0 Å². The SMILES string of the molecule is NCCCCN=Cc1cccc(N)c1.NCCOCCOCCN=Cc1ccc(N)cc1.Nc1ccc(C=Nc2ccc(N)cc2)cc1.O=C(O)CCCCCCN=Cc1ccc(C(=O)O)cc1.O=C(O)CCCCCN=Cc1ccc(OCC(=O)O)cc1.O=C(O)c1ccc(C=Nc2ccc(C(=O)O)cc2)cc1.SCCN=Cc1cccc(OCCS)c1.Sc1ccc(C=Nc2ccc(S)cc2)cc1. The van der Waals surface area contributed by atoms with Crippen LogP contribution in [0.2, 0.25) is 0 Å². The lowest BCUT2D eigenvalue weighted by molar-refractivity contribution is -0.139. The molecule has 0 radical (unpaired) electrons. The summed E-state index contributed by atoms with van der Waals surface area (Å²) in [5.41, 5.74) is 47.0. The quantitative estimate of drug-likeness (QED) is 0.00729. The van der Waals surface area contributed by atoms with Crippen molar-refractivity contribution in [3.63, 3.8) is 0 Å². The van der Waals surface area contributed by atoms with Gasteiger partial charge in [-0.25, -0.2) is 19.2 Å². The molecule has 0 saturated heterocycles. The zero-order valence-electron chi connectivity index (χ0n) is 78.0. The van der Waals surface area contributed by atoms with Crippen molar-refractivity contribution < 1.29 is 78.4 Å². The Kier molecular flexibility index (Phi) is 63.0. The highest BCUT2D eigenvalue weighted by Crippen LogP contribution is 2.20. The van der Waals surface area contributed by atoms with Crippen LogP contribution in [-0.2, 0) is 23.9 Å². The van der Waals surface area contributed by atoms with Crippen LogP contribution in [0.25, 0.3) is 0 Å². The number of nitrogen functional groups attached to an aromatic ring is 4. The summed E-state index contributed by atoms with van der Waals surface area (Å²) in [6.07, 6.45) is 22.6. The molecule has 740 valence electrons. The van der Waals surface area contributed by atoms with Crippen LogP contribution in [0.5, 0.6) is 11.5 Å². The van der Waals surface area contributed by atoms with Crippen molar-refractivity contribution in [3.8, 4) is 11.5 Å².